The number of rotatable bonds is 7. The Morgan fingerprint density at radius 1 is 1.27 bits per heavy atom. The lowest BCUT2D eigenvalue weighted by atomic mass is 10.2. The second-order valence-electron chi connectivity index (χ2n) is 4.68. The van der Waals surface area contributed by atoms with Gasteiger partial charge in [0.1, 0.15) is 16.8 Å². The molecular formula is C15H20N4O2S. The van der Waals surface area contributed by atoms with Crippen molar-refractivity contribution in [1.29, 1.82) is 0 Å². The highest BCUT2D eigenvalue weighted by Crippen LogP contribution is 2.18. The second-order valence-corrected chi connectivity index (χ2v) is 5.86. The maximum absolute atomic E-state index is 12.3. The van der Waals surface area contributed by atoms with Gasteiger partial charge in [-0.15, -0.1) is 10.2 Å². The molecule has 1 amide bonds. The van der Waals surface area contributed by atoms with Gasteiger partial charge in [-0.3, -0.25) is 10.1 Å². The minimum atomic E-state index is -0.331. The number of nitrogens with one attached hydrogen (secondary N) is 2. The maximum Gasteiger partial charge on any atom is 0.248 e. The molecule has 0 bridgehead atoms. The summed E-state index contributed by atoms with van der Waals surface area (Å²) in [7, 11) is 0. The molecule has 0 saturated heterocycles. The molecule has 0 aliphatic carbocycles. The fourth-order valence-electron chi connectivity index (χ4n) is 1.91. The monoisotopic (exact) mass is 320 g/mol. The average Bonchev–Trinajstić information content (AvgIpc) is 2.91. The summed E-state index contributed by atoms with van der Waals surface area (Å²) in [5, 5.41) is 15.1. The van der Waals surface area contributed by atoms with Crippen LogP contribution in [0.4, 0.5) is 10.8 Å². The van der Waals surface area contributed by atoms with E-state index in [1.54, 1.807) is 0 Å². The number of ether oxygens (including phenoxy) is 1. The molecule has 7 heteroatoms. The molecule has 2 rings (SSSR count). The zero-order valence-corrected chi connectivity index (χ0v) is 13.7. The Kier molecular flexibility index (Phi) is 5.71. The van der Waals surface area contributed by atoms with Crippen LogP contribution in [0.5, 0.6) is 5.75 Å². The highest BCUT2D eigenvalue weighted by atomic mass is 32.1. The number of hydrogen-bond donors (Lipinski definition) is 2. The van der Waals surface area contributed by atoms with Crippen molar-refractivity contribution < 1.29 is 9.53 Å². The van der Waals surface area contributed by atoms with Crippen LogP contribution in [0.25, 0.3) is 0 Å². The van der Waals surface area contributed by atoms with Crippen molar-refractivity contribution in [2.24, 2.45) is 0 Å². The van der Waals surface area contributed by atoms with Gasteiger partial charge in [0.25, 0.3) is 0 Å². The predicted octanol–water partition coefficient (Wildman–Crippen LogP) is 3.07. The molecular weight excluding hydrogens is 300 g/mol. The van der Waals surface area contributed by atoms with Gasteiger partial charge in [-0.2, -0.15) is 0 Å². The Labute approximate surface area is 133 Å². The number of hydrogen-bond acceptors (Lipinski definition) is 6. The molecule has 1 heterocycles. The molecule has 2 aromatic rings. The first-order valence-corrected chi connectivity index (χ1v) is 8.04. The fourth-order valence-corrected chi connectivity index (χ4v) is 2.50. The van der Waals surface area contributed by atoms with Crippen LogP contribution < -0.4 is 15.4 Å². The maximum atomic E-state index is 12.3. The molecule has 1 aromatic heterocycles. The summed E-state index contributed by atoms with van der Waals surface area (Å²) >= 11 is 1.36. The van der Waals surface area contributed by atoms with E-state index in [1.807, 2.05) is 45.0 Å². The molecule has 0 aliphatic rings. The Morgan fingerprint density at radius 2 is 2.00 bits per heavy atom. The van der Waals surface area contributed by atoms with Crippen LogP contribution in [0.15, 0.2) is 24.3 Å². The van der Waals surface area contributed by atoms with Crippen LogP contribution in [0.1, 0.15) is 25.3 Å². The zero-order valence-electron chi connectivity index (χ0n) is 12.9. The molecule has 2 N–H and O–H groups in total. The van der Waals surface area contributed by atoms with E-state index in [-0.39, 0.29) is 11.9 Å². The van der Waals surface area contributed by atoms with Gasteiger partial charge in [-0.1, -0.05) is 18.3 Å². The number of aryl methyl sites for hydroxylation is 1. The van der Waals surface area contributed by atoms with Gasteiger partial charge in [0, 0.05) is 5.69 Å². The van der Waals surface area contributed by atoms with E-state index >= 15 is 0 Å². The molecule has 6 nitrogen and oxygen atoms in total. The third-order valence-electron chi connectivity index (χ3n) is 2.99. The van der Waals surface area contributed by atoms with Crippen molar-refractivity contribution in [3.05, 3.63) is 29.3 Å². The topological polar surface area (TPSA) is 76.1 Å². The molecule has 118 valence electrons. The van der Waals surface area contributed by atoms with Crippen LogP contribution in [0.3, 0.4) is 0 Å². The van der Waals surface area contributed by atoms with Crippen molar-refractivity contribution in [3.63, 3.8) is 0 Å². The zero-order chi connectivity index (χ0) is 15.9. The van der Waals surface area contributed by atoms with Crippen molar-refractivity contribution in [3.8, 4) is 5.75 Å². The van der Waals surface area contributed by atoms with Crippen LogP contribution in [0, 0.1) is 6.92 Å². The smallest absolute Gasteiger partial charge is 0.248 e. The molecule has 0 fully saturated rings. The van der Waals surface area contributed by atoms with Gasteiger partial charge in [0.2, 0.25) is 11.0 Å². The van der Waals surface area contributed by atoms with E-state index in [2.05, 4.69) is 20.8 Å². The van der Waals surface area contributed by atoms with Crippen molar-refractivity contribution >= 4 is 28.1 Å². The number of carbonyl (C=O) groups excluding carboxylic acids is 1. The average molecular weight is 320 g/mol. The van der Waals surface area contributed by atoms with E-state index in [9.17, 15) is 4.79 Å². The molecule has 1 unspecified atom stereocenters. The lowest BCUT2D eigenvalue weighted by Gasteiger charge is -2.17. The lowest BCUT2D eigenvalue weighted by Crippen LogP contribution is -2.34. The molecule has 22 heavy (non-hydrogen) atoms. The summed E-state index contributed by atoms with van der Waals surface area (Å²) < 4.78 is 5.40. The van der Waals surface area contributed by atoms with Gasteiger partial charge in [-0.25, -0.2) is 0 Å². The summed E-state index contributed by atoms with van der Waals surface area (Å²) in [6.07, 6.45) is 0.664. The van der Waals surface area contributed by atoms with E-state index in [0.717, 1.165) is 16.4 Å². The first kappa shape index (κ1) is 16.2. The van der Waals surface area contributed by atoms with Gasteiger partial charge in [-0.05, 0) is 44.5 Å². The molecule has 0 spiro atoms. The van der Waals surface area contributed by atoms with Crippen LogP contribution in [0.2, 0.25) is 0 Å². The van der Waals surface area contributed by atoms with Gasteiger partial charge in [0.15, 0.2) is 0 Å². The first-order chi connectivity index (χ1) is 10.6. The number of nitrogens with zero attached hydrogens (tertiary/aromatic N) is 2. The van der Waals surface area contributed by atoms with Crippen molar-refractivity contribution in [2.45, 2.75) is 33.2 Å². The number of aromatic nitrogens is 2. The summed E-state index contributed by atoms with van der Waals surface area (Å²) in [6, 6.07) is 7.23. The summed E-state index contributed by atoms with van der Waals surface area (Å²) in [5.41, 5.74) is 0.874. The summed E-state index contributed by atoms with van der Waals surface area (Å²) in [5.74, 6) is 0.697. The second kappa shape index (κ2) is 7.74. The Bertz CT molecular complexity index is 612. The van der Waals surface area contributed by atoms with E-state index < -0.39 is 0 Å². The Morgan fingerprint density at radius 3 is 2.55 bits per heavy atom. The lowest BCUT2D eigenvalue weighted by molar-refractivity contribution is -0.117. The minimum absolute atomic E-state index is 0.118. The molecule has 0 saturated carbocycles. The number of anilines is 2. The quantitative estimate of drug-likeness (QED) is 0.820. The minimum Gasteiger partial charge on any atom is -0.494 e. The summed E-state index contributed by atoms with van der Waals surface area (Å²) in [6.45, 7) is 6.38. The van der Waals surface area contributed by atoms with Gasteiger partial charge < -0.3 is 10.1 Å². The normalized spacial score (nSPS) is 11.8. The van der Waals surface area contributed by atoms with Crippen molar-refractivity contribution in [1.82, 2.24) is 10.2 Å². The Balaban J connectivity index is 1.97. The molecule has 0 radical (unpaired) electrons. The molecule has 1 atom stereocenters. The van der Waals surface area contributed by atoms with Gasteiger partial charge in [0.05, 0.1) is 6.61 Å². The largest absolute Gasteiger partial charge is 0.494 e. The molecule has 1 aromatic carbocycles. The fraction of sp³-hybridized carbons (Fsp3) is 0.400. The van der Waals surface area contributed by atoms with Gasteiger partial charge >= 0.3 is 0 Å². The van der Waals surface area contributed by atoms with Crippen LogP contribution in [-0.4, -0.2) is 28.8 Å². The van der Waals surface area contributed by atoms with Crippen LogP contribution >= 0.6 is 11.3 Å². The Hall–Kier alpha value is -2.15. The van der Waals surface area contributed by atoms with E-state index in [0.29, 0.717) is 18.2 Å². The standard InChI is InChI=1S/C15H20N4O2S/c1-4-13(14(20)17-15-19-18-10(3)22-15)16-11-6-8-12(9-7-11)21-5-2/h6-9,13,16H,4-5H2,1-3H3,(H,17,19,20). The molecule has 0 aliphatic heterocycles. The number of amides is 1. The number of benzene rings is 1. The predicted molar refractivity (Wildman–Crippen MR) is 88.6 cm³/mol. The third-order valence-corrected chi connectivity index (χ3v) is 3.74. The van der Waals surface area contributed by atoms with Crippen LogP contribution in [-0.2, 0) is 4.79 Å². The first-order valence-electron chi connectivity index (χ1n) is 7.22. The summed E-state index contributed by atoms with van der Waals surface area (Å²) in [4.78, 5) is 12.3. The third kappa shape index (κ3) is 4.42. The number of carbonyl (C=O) groups is 1. The van der Waals surface area contributed by atoms with E-state index in [1.165, 1.54) is 11.3 Å². The van der Waals surface area contributed by atoms with E-state index in [4.69, 9.17) is 4.74 Å². The SMILES string of the molecule is CCOc1ccc(NC(CC)C(=O)Nc2nnc(C)s2)cc1. The highest BCUT2D eigenvalue weighted by molar-refractivity contribution is 7.15. The van der Waals surface area contributed by atoms with Crippen molar-refractivity contribution in [2.75, 3.05) is 17.2 Å². The highest BCUT2D eigenvalue weighted by Gasteiger charge is 2.17.